The van der Waals surface area contributed by atoms with E-state index in [4.69, 9.17) is 0 Å². The van der Waals surface area contributed by atoms with Crippen LogP contribution in [-0.4, -0.2) is 24.5 Å². The van der Waals surface area contributed by atoms with E-state index in [-0.39, 0.29) is 5.75 Å². The number of urea groups is 1. The molecule has 20 heavy (non-hydrogen) atoms. The minimum absolute atomic E-state index is 0.0566. The quantitative estimate of drug-likeness (QED) is 0.456. The standard InChI is InChI=1S/C10H10F2N4O4/c11-9(12)20-6-3-1-5(2-4-6)15-16-10(19)14-8(18)7(13)17/h1-4,9,15H,(H2,13,17)(H2,14,16,18,19). The molecule has 0 fully saturated rings. The molecule has 4 amide bonds. The maximum atomic E-state index is 11.9. The number of nitrogens with one attached hydrogen (secondary N) is 3. The van der Waals surface area contributed by atoms with E-state index in [0.29, 0.717) is 5.69 Å². The van der Waals surface area contributed by atoms with Gasteiger partial charge in [-0.15, -0.1) is 0 Å². The van der Waals surface area contributed by atoms with Crippen molar-refractivity contribution in [3.05, 3.63) is 24.3 Å². The predicted octanol–water partition coefficient (Wildman–Crippen LogP) is -0.0740. The number of hydrazine groups is 1. The van der Waals surface area contributed by atoms with Crippen LogP contribution in [0.2, 0.25) is 0 Å². The molecule has 0 aliphatic rings. The Labute approximate surface area is 111 Å². The van der Waals surface area contributed by atoms with Gasteiger partial charge >= 0.3 is 24.5 Å². The number of benzene rings is 1. The zero-order valence-corrected chi connectivity index (χ0v) is 9.85. The van der Waals surface area contributed by atoms with E-state index in [0.717, 1.165) is 0 Å². The number of carbonyl (C=O) groups excluding carboxylic acids is 3. The molecule has 0 aliphatic carbocycles. The molecule has 108 valence electrons. The van der Waals surface area contributed by atoms with Crippen molar-refractivity contribution in [2.45, 2.75) is 6.61 Å². The Morgan fingerprint density at radius 3 is 2.25 bits per heavy atom. The van der Waals surface area contributed by atoms with Crippen LogP contribution >= 0.6 is 0 Å². The van der Waals surface area contributed by atoms with E-state index in [2.05, 4.69) is 15.9 Å². The molecule has 5 N–H and O–H groups in total. The monoisotopic (exact) mass is 288 g/mol. The van der Waals surface area contributed by atoms with E-state index in [1.54, 1.807) is 5.32 Å². The number of nitrogens with two attached hydrogens (primary N) is 1. The molecular weight excluding hydrogens is 278 g/mol. The van der Waals surface area contributed by atoms with Gasteiger partial charge in [0.05, 0.1) is 5.69 Å². The molecule has 0 unspecified atom stereocenters. The third-order valence-corrected chi connectivity index (χ3v) is 1.85. The molecule has 1 rings (SSSR count). The van der Waals surface area contributed by atoms with Gasteiger partial charge in [-0.05, 0) is 24.3 Å². The fraction of sp³-hybridized carbons (Fsp3) is 0.100. The van der Waals surface area contributed by atoms with Gasteiger partial charge < -0.3 is 10.5 Å². The van der Waals surface area contributed by atoms with Gasteiger partial charge in [0.1, 0.15) is 5.75 Å². The largest absolute Gasteiger partial charge is 0.435 e. The second-order valence-corrected chi connectivity index (χ2v) is 3.30. The highest BCUT2D eigenvalue weighted by Gasteiger charge is 2.12. The van der Waals surface area contributed by atoms with Gasteiger partial charge in [0.15, 0.2) is 0 Å². The summed E-state index contributed by atoms with van der Waals surface area (Å²) in [7, 11) is 0. The van der Waals surface area contributed by atoms with Crippen molar-refractivity contribution in [3.63, 3.8) is 0 Å². The summed E-state index contributed by atoms with van der Waals surface area (Å²) in [4.78, 5) is 32.2. The number of imide groups is 1. The van der Waals surface area contributed by atoms with E-state index in [1.165, 1.54) is 24.3 Å². The first-order valence-electron chi connectivity index (χ1n) is 5.10. The molecular formula is C10H10F2N4O4. The summed E-state index contributed by atoms with van der Waals surface area (Å²) >= 11 is 0. The van der Waals surface area contributed by atoms with Crippen LogP contribution in [-0.2, 0) is 9.59 Å². The average Bonchev–Trinajstić information content (AvgIpc) is 2.37. The topological polar surface area (TPSA) is 123 Å². The van der Waals surface area contributed by atoms with Gasteiger partial charge in [-0.25, -0.2) is 4.79 Å². The Bertz CT molecular complexity index is 506. The Hall–Kier alpha value is -2.91. The third-order valence-electron chi connectivity index (χ3n) is 1.85. The lowest BCUT2D eigenvalue weighted by Gasteiger charge is -2.09. The SMILES string of the molecule is NC(=O)C(=O)NC(=O)NNc1ccc(OC(F)F)cc1. The lowest BCUT2D eigenvalue weighted by atomic mass is 10.3. The van der Waals surface area contributed by atoms with Crippen molar-refractivity contribution in [1.82, 2.24) is 10.7 Å². The summed E-state index contributed by atoms with van der Waals surface area (Å²) in [6, 6.07) is 4.15. The van der Waals surface area contributed by atoms with Crippen LogP contribution in [0.25, 0.3) is 0 Å². The molecule has 0 saturated heterocycles. The lowest BCUT2D eigenvalue weighted by molar-refractivity contribution is -0.136. The summed E-state index contributed by atoms with van der Waals surface area (Å²) in [5, 5.41) is 1.64. The van der Waals surface area contributed by atoms with Crippen LogP contribution in [0.1, 0.15) is 0 Å². The number of halogens is 2. The van der Waals surface area contributed by atoms with Crippen LogP contribution in [0.15, 0.2) is 24.3 Å². The van der Waals surface area contributed by atoms with Gasteiger partial charge in [-0.3, -0.25) is 25.8 Å². The summed E-state index contributed by atoms with van der Waals surface area (Å²) in [5.41, 5.74) is 9.34. The van der Waals surface area contributed by atoms with Crippen molar-refractivity contribution in [2.24, 2.45) is 5.73 Å². The second-order valence-electron chi connectivity index (χ2n) is 3.30. The number of rotatable bonds is 4. The fourth-order valence-corrected chi connectivity index (χ4v) is 1.04. The normalized spacial score (nSPS) is 9.75. The first-order chi connectivity index (χ1) is 9.38. The molecule has 1 aromatic rings. The van der Waals surface area contributed by atoms with Gasteiger partial charge in [-0.1, -0.05) is 0 Å². The Kier molecular flexibility index (Phi) is 5.21. The van der Waals surface area contributed by atoms with Crippen molar-refractivity contribution < 1.29 is 27.9 Å². The maximum Gasteiger partial charge on any atom is 0.387 e. The zero-order valence-electron chi connectivity index (χ0n) is 9.85. The number of anilines is 1. The highest BCUT2D eigenvalue weighted by molar-refractivity contribution is 6.37. The number of hydrogen-bond acceptors (Lipinski definition) is 5. The smallest absolute Gasteiger partial charge is 0.387 e. The fourth-order valence-electron chi connectivity index (χ4n) is 1.04. The third kappa shape index (κ3) is 5.16. The molecule has 10 heteroatoms. The zero-order chi connectivity index (χ0) is 15.1. The van der Waals surface area contributed by atoms with Crippen molar-refractivity contribution in [3.8, 4) is 5.75 Å². The Morgan fingerprint density at radius 1 is 1.15 bits per heavy atom. The molecule has 0 saturated carbocycles. The van der Waals surface area contributed by atoms with Crippen molar-refractivity contribution in [2.75, 3.05) is 5.43 Å². The van der Waals surface area contributed by atoms with Crippen LogP contribution < -0.4 is 26.6 Å². The molecule has 0 heterocycles. The molecule has 0 spiro atoms. The minimum Gasteiger partial charge on any atom is -0.435 e. The number of carbonyl (C=O) groups is 3. The highest BCUT2D eigenvalue weighted by atomic mass is 19.3. The molecule has 0 atom stereocenters. The lowest BCUT2D eigenvalue weighted by Crippen LogP contribution is -2.46. The number of alkyl halides is 2. The van der Waals surface area contributed by atoms with Crippen molar-refractivity contribution >= 4 is 23.5 Å². The molecule has 0 bridgehead atoms. The van der Waals surface area contributed by atoms with E-state index in [9.17, 15) is 23.2 Å². The van der Waals surface area contributed by atoms with Gasteiger partial charge in [0.2, 0.25) is 0 Å². The van der Waals surface area contributed by atoms with Gasteiger partial charge in [-0.2, -0.15) is 8.78 Å². The summed E-state index contributed by atoms with van der Waals surface area (Å²) in [5.74, 6) is -2.64. The summed E-state index contributed by atoms with van der Waals surface area (Å²) < 4.78 is 27.9. The van der Waals surface area contributed by atoms with Crippen LogP contribution in [0.5, 0.6) is 5.75 Å². The second kappa shape index (κ2) is 6.87. The van der Waals surface area contributed by atoms with Crippen LogP contribution in [0.3, 0.4) is 0 Å². The van der Waals surface area contributed by atoms with Gasteiger partial charge in [0.25, 0.3) is 0 Å². The number of primary amides is 1. The molecule has 0 aliphatic heterocycles. The van der Waals surface area contributed by atoms with E-state index < -0.39 is 24.5 Å². The molecule has 0 radical (unpaired) electrons. The summed E-state index contributed by atoms with van der Waals surface area (Å²) in [6.45, 7) is -2.93. The molecule has 8 nitrogen and oxygen atoms in total. The average molecular weight is 288 g/mol. The number of amides is 4. The van der Waals surface area contributed by atoms with Crippen LogP contribution in [0.4, 0.5) is 19.3 Å². The summed E-state index contributed by atoms with van der Waals surface area (Å²) in [6.07, 6.45) is 0. The number of ether oxygens (including phenoxy) is 1. The van der Waals surface area contributed by atoms with Gasteiger partial charge in [0, 0.05) is 0 Å². The number of hydrogen-bond donors (Lipinski definition) is 4. The highest BCUT2D eigenvalue weighted by Crippen LogP contribution is 2.16. The van der Waals surface area contributed by atoms with E-state index >= 15 is 0 Å². The van der Waals surface area contributed by atoms with Crippen molar-refractivity contribution in [1.29, 1.82) is 0 Å². The predicted molar refractivity (Wildman–Crippen MR) is 62.6 cm³/mol. The Balaban J connectivity index is 2.43. The maximum absolute atomic E-state index is 11.9. The van der Waals surface area contributed by atoms with Crippen LogP contribution in [0, 0.1) is 0 Å². The molecule has 0 aromatic heterocycles. The first kappa shape index (κ1) is 15.1. The minimum atomic E-state index is -2.93. The Morgan fingerprint density at radius 2 is 1.75 bits per heavy atom. The first-order valence-corrected chi connectivity index (χ1v) is 5.10. The van der Waals surface area contributed by atoms with E-state index in [1.807, 2.05) is 5.43 Å². The molecule has 1 aromatic carbocycles.